The third-order valence-electron chi connectivity index (χ3n) is 2.90. The fraction of sp³-hybridized carbons (Fsp3) is 0.571. The van der Waals surface area contributed by atoms with Crippen LogP contribution < -0.4 is 5.32 Å². The van der Waals surface area contributed by atoms with E-state index in [2.05, 4.69) is 12.2 Å². The minimum absolute atomic E-state index is 0.0556. The highest BCUT2D eigenvalue weighted by atomic mass is 19.4. The maximum Gasteiger partial charge on any atom is 0.389 e. The number of alkyl halides is 3. The Labute approximate surface area is 106 Å². The lowest BCUT2D eigenvalue weighted by molar-refractivity contribution is -0.135. The number of hydrogen-bond acceptors (Lipinski definition) is 1. The van der Waals surface area contributed by atoms with Crippen LogP contribution in [0, 0.1) is 0 Å². The summed E-state index contributed by atoms with van der Waals surface area (Å²) in [5, 5.41) is 3.28. The fourth-order valence-corrected chi connectivity index (χ4v) is 1.92. The molecule has 1 rings (SSSR count). The molecule has 0 bridgehead atoms. The summed E-state index contributed by atoms with van der Waals surface area (Å²) >= 11 is 0. The van der Waals surface area contributed by atoms with E-state index in [0.29, 0.717) is 6.42 Å². The van der Waals surface area contributed by atoms with Crippen molar-refractivity contribution < 1.29 is 13.2 Å². The molecule has 0 saturated carbocycles. The first-order chi connectivity index (χ1) is 8.42. The van der Waals surface area contributed by atoms with Crippen LogP contribution in [0.4, 0.5) is 18.9 Å². The smallest absolute Gasteiger partial charge is 0.382 e. The van der Waals surface area contributed by atoms with Gasteiger partial charge in [-0.1, -0.05) is 25.1 Å². The van der Waals surface area contributed by atoms with Crippen molar-refractivity contribution in [3.63, 3.8) is 0 Å². The number of aryl methyl sites for hydroxylation is 1. The number of para-hydroxylation sites is 1. The SMILES string of the molecule is CCc1ccccc1NC(C)CCCC(F)(F)F. The average Bonchev–Trinajstić information content (AvgIpc) is 2.28. The van der Waals surface area contributed by atoms with Crippen LogP contribution >= 0.6 is 0 Å². The molecule has 0 amide bonds. The maximum absolute atomic E-state index is 12.0. The van der Waals surface area contributed by atoms with Gasteiger partial charge in [0.1, 0.15) is 0 Å². The van der Waals surface area contributed by atoms with Gasteiger partial charge in [0.2, 0.25) is 0 Å². The van der Waals surface area contributed by atoms with Gasteiger partial charge in [0.25, 0.3) is 0 Å². The second-order valence-electron chi connectivity index (χ2n) is 4.56. The van der Waals surface area contributed by atoms with Crippen LogP contribution in [0.5, 0.6) is 0 Å². The molecule has 0 aromatic heterocycles. The van der Waals surface area contributed by atoms with Gasteiger partial charge in [0.05, 0.1) is 0 Å². The minimum atomic E-state index is -4.04. The van der Waals surface area contributed by atoms with Gasteiger partial charge in [-0.05, 0) is 37.8 Å². The zero-order valence-corrected chi connectivity index (χ0v) is 10.8. The first kappa shape index (κ1) is 14.9. The number of halogens is 3. The van der Waals surface area contributed by atoms with E-state index in [9.17, 15) is 13.2 Å². The molecule has 0 aliphatic carbocycles. The van der Waals surface area contributed by atoms with Crippen LogP contribution in [0.2, 0.25) is 0 Å². The molecule has 0 aliphatic heterocycles. The second kappa shape index (κ2) is 6.66. The Kier molecular flexibility index (Phi) is 5.51. The monoisotopic (exact) mass is 259 g/mol. The molecular formula is C14H20F3N. The molecule has 1 atom stereocenters. The van der Waals surface area contributed by atoms with Crippen molar-refractivity contribution in [2.75, 3.05) is 5.32 Å². The molecule has 1 N–H and O–H groups in total. The van der Waals surface area contributed by atoms with Gasteiger partial charge in [-0.15, -0.1) is 0 Å². The molecule has 1 aromatic rings. The third kappa shape index (κ3) is 5.43. The van der Waals surface area contributed by atoms with E-state index < -0.39 is 12.6 Å². The molecule has 1 aromatic carbocycles. The van der Waals surface area contributed by atoms with Crippen LogP contribution in [0.15, 0.2) is 24.3 Å². The number of hydrogen-bond donors (Lipinski definition) is 1. The number of anilines is 1. The molecule has 0 aliphatic rings. The normalized spacial score (nSPS) is 13.4. The highest BCUT2D eigenvalue weighted by Gasteiger charge is 2.26. The molecule has 1 unspecified atom stereocenters. The Morgan fingerprint density at radius 3 is 2.50 bits per heavy atom. The van der Waals surface area contributed by atoms with Crippen LogP contribution in [0.3, 0.4) is 0 Å². The van der Waals surface area contributed by atoms with Crippen LogP contribution in [0.25, 0.3) is 0 Å². The summed E-state index contributed by atoms with van der Waals surface area (Å²) in [6, 6.07) is 7.96. The molecule has 0 fully saturated rings. The lowest BCUT2D eigenvalue weighted by Crippen LogP contribution is -2.17. The number of nitrogens with one attached hydrogen (secondary N) is 1. The van der Waals surface area contributed by atoms with E-state index in [1.54, 1.807) is 0 Å². The van der Waals surface area contributed by atoms with Gasteiger partial charge in [-0.25, -0.2) is 0 Å². The summed E-state index contributed by atoms with van der Waals surface area (Å²) in [5.41, 5.74) is 2.22. The van der Waals surface area contributed by atoms with Crippen molar-refractivity contribution in [3.8, 4) is 0 Å². The van der Waals surface area contributed by atoms with Crippen LogP contribution in [-0.2, 0) is 6.42 Å². The lowest BCUT2D eigenvalue weighted by Gasteiger charge is -2.18. The summed E-state index contributed by atoms with van der Waals surface area (Å²) in [6.07, 6.45) is -3.13. The van der Waals surface area contributed by atoms with Crippen molar-refractivity contribution in [2.24, 2.45) is 0 Å². The highest BCUT2D eigenvalue weighted by Crippen LogP contribution is 2.23. The van der Waals surface area contributed by atoms with E-state index in [-0.39, 0.29) is 12.5 Å². The quantitative estimate of drug-likeness (QED) is 0.775. The molecule has 4 heteroatoms. The Balaban J connectivity index is 2.42. The largest absolute Gasteiger partial charge is 0.389 e. The van der Waals surface area contributed by atoms with Crippen molar-refractivity contribution >= 4 is 5.69 Å². The Morgan fingerprint density at radius 2 is 1.89 bits per heavy atom. The first-order valence-electron chi connectivity index (χ1n) is 6.33. The summed E-state index contributed by atoms with van der Waals surface area (Å²) < 4.78 is 36.1. The molecule has 0 spiro atoms. The maximum atomic E-state index is 12.0. The van der Waals surface area contributed by atoms with E-state index in [0.717, 1.165) is 12.1 Å². The van der Waals surface area contributed by atoms with E-state index >= 15 is 0 Å². The van der Waals surface area contributed by atoms with Crippen molar-refractivity contribution in [1.82, 2.24) is 0 Å². The predicted octanol–water partition coefficient (Wildman–Crippen LogP) is 4.78. The lowest BCUT2D eigenvalue weighted by atomic mass is 10.1. The molecule has 18 heavy (non-hydrogen) atoms. The molecule has 1 nitrogen and oxygen atoms in total. The Morgan fingerprint density at radius 1 is 1.22 bits per heavy atom. The topological polar surface area (TPSA) is 12.0 Å². The standard InChI is InChI=1S/C14H20F3N/c1-3-12-8-4-5-9-13(12)18-11(2)7-6-10-14(15,16)17/h4-5,8-9,11,18H,3,6-7,10H2,1-2H3. The summed E-state index contributed by atoms with van der Waals surface area (Å²) in [4.78, 5) is 0. The van der Waals surface area contributed by atoms with Crippen molar-refractivity contribution in [3.05, 3.63) is 29.8 Å². The third-order valence-corrected chi connectivity index (χ3v) is 2.90. The Bertz CT molecular complexity index is 360. The number of rotatable bonds is 6. The molecule has 102 valence electrons. The molecule has 0 radical (unpaired) electrons. The van der Waals surface area contributed by atoms with Crippen molar-refractivity contribution in [2.45, 2.75) is 51.7 Å². The summed E-state index contributed by atoms with van der Waals surface area (Å²) in [5.74, 6) is 0. The van der Waals surface area contributed by atoms with Gasteiger partial charge in [0.15, 0.2) is 0 Å². The van der Waals surface area contributed by atoms with Gasteiger partial charge < -0.3 is 5.32 Å². The zero-order chi connectivity index (χ0) is 13.6. The Hall–Kier alpha value is -1.19. The summed E-state index contributed by atoms with van der Waals surface area (Å²) in [7, 11) is 0. The second-order valence-corrected chi connectivity index (χ2v) is 4.56. The first-order valence-corrected chi connectivity index (χ1v) is 6.33. The fourth-order valence-electron chi connectivity index (χ4n) is 1.92. The predicted molar refractivity (Wildman–Crippen MR) is 68.8 cm³/mol. The molecular weight excluding hydrogens is 239 g/mol. The zero-order valence-electron chi connectivity index (χ0n) is 10.8. The van der Waals surface area contributed by atoms with Gasteiger partial charge in [-0.2, -0.15) is 13.2 Å². The van der Waals surface area contributed by atoms with Gasteiger partial charge >= 0.3 is 6.18 Å². The highest BCUT2D eigenvalue weighted by molar-refractivity contribution is 5.51. The van der Waals surface area contributed by atoms with E-state index in [1.165, 1.54) is 5.56 Å². The van der Waals surface area contributed by atoms with E-state index in [4.69, 9.17) is 0 Å². The molecule has 0 heterocycles. The average molecular weight is 259 g/mol. The van der Waals surface area contributed by atoms with E-state index in [1.807, 2.05) is 31.2 Å². The van der Waals surface area contributed by atoms with Crippen LogP contribution in [-0.4, -0.2) is 12.2 Å². The summed E-state index contributed by atoms with van der Waals surface area (Å²) in [6.45, 7) is 3.98. The van der Waals surface area contributed by atoms with Crippen LogP contribution in [0.1, 0.15) is 38.7 Å². The molecule has 0 saturated heterocycles. The minimum Gasteiger partial charge on any atom is -0.382 e. The van der Waals surface area contributed by atoms with Gasteiger partial charge in [-0.3, -0.25) is 0 Å². The van der Waals surface area contributed by atoms with Gasteiger partial charge in [0, 0.05) is 18.2 Å². The number of benzene rings is 1. The van der Waals surface area contributed by atoms with Crippen molar-refractivity contribution in [1.29, 1.82) is 0 Å².